The molecule has 1 aliphatic heterocycles. The molecule has 104 valence electrons. The third-order valence-corrected chi connectivity index (χ3v) is 4.46. The number of aromatic nitrogens is 1. The molecule has 3 heteroatoms. The Morgan fingerprint density at radius 3 is 2.89 bits per heavy atom. The molecule has 0 bridgehead atoms. The second-order valence-corrected chi connectivity index (χ2v) is 6.88. The first-order chi connectivity index (χ1) is 8.96. The number of hydrogen-bond acceptors (Lipinski definition) is 2. The van der Waals surface area contributed by atoms with Crippen LogP contribution in [-0.4, -0.2) is 23.1 Å². The number of carbonyl (C=O) groups excluding carboxylic acids is 1. The van der Waals surface area contributed by atoms with Crippen LogP contribution in [0.5, 0.6) is 0 Å². The third-order valence-electron chi connectivity index (χ3n) is 4.46. The van der Waals surface area contributed by atoms with Crippen LogP contribution >= 0.6 is 0 Å². The van der Waals surface area contributed by atoms with Crippen LogP contribution < -0.4 is 0 Å². The standard InChI is InChI=1S/C16H23NO2/c1-11-8-12(5-7-19-11)17-6-4-13-14(17)9-16(2,3)10-15(13)18/h4,6,11-12H,5,7-10H2,1-3H3. The highest BCUT2D eigenvalue weighted by molar-refractivity contribution is 5.98. The summed E-state index contributed by atoms with van der Waals surface area (Å²) in [5.74, 6) is 0.310. The second-order valence-electron chi connectivity index (χ2n) is 6.88. The summed E-state index contributed by atoms with van der Waals surface area (Å²) in [4.78, 5) is 12.2. The van der Waals surface area contributed by atoms with Gasteiger partial charge in [0.15, 0.2) is 5.78 Å². The Morgan fingerprint density at radius 1 is 1.37 bits per heavy atom. The number of carbonyl (C=O) groups is 1. The van der Waals surface area contributed by atoms with Gasteiger partial charge in [-0.1, -0.05) is 13.8 Å². The van der Waals surface area contributed by atoms with Crippen LogP contribution in [0.15, 0.2) is 12.3 Å². The van der Waals surface area contributed by atoms with Gasteiger partial charge >= 0.3 is 0 Å². The summed E-state index contributed by atoms with van der Waals surface area (Å²) in [5.41, 5.74) is 2.30. The van der Waals surface area contributed by atoms with Crippen molar-refractivity contribution in [3.8, 4) is 0 Å². The first-order valence-electron chi connectivity index (χ1n) is 7.31. The van der Waals surface area contributed by atoms with Crippen molar-refractivity contribution in [3.05, 3.63) is 23.5 Å². The maximum absolute atomic E-state index is 12.2. The topological polar surface area (TPSA) is 31.2 Å². The Bertz CT molecular complexity index is 501. The van der Waals surface area contributed by atoms with Gasteiger partial charge in [-0.05, 0) is 37.7 Å². The second kappa shape index (κ2) is 4.48. The fourth-order valence-electron chi connectivity index (χ4n) is 3.54. The van der Waals surface area contributed by atoms with E-state index in [-0.39, 0.29) is 5.41 Å². The van der Waals surface area contributed by atoms with E-state index in [9.17, 15) is 4.79 Å². The fraction of sp³-hybridized carbons (Fsp3) is 0.688. The van der Waals surface area contributed by atoms with Gasteiger partial charge in [-0.25, -0.2) is 0 Å². The van der Waals surface area contributed by atoms with Crippen LogP contribution in [0.25, 0.3) is 0 Å². The van der Waals surface area contributed by atoms with E-state index in [1.54, 1.807) is 0 Å². The molecule has 0 spiro atoms. The number of Topliss-reactive ketones (excluding diaryl/α,β-unsaturated/α-hetero) is 1. The van der Waals surface area contributed by atoms with E-state index in [1.165, 1.54) is 5.69 Å². The Hall–Kier alpha value is -1.09. The SMILES string of the molecule is CC1CC(n2ccc3c2CC(C)(C)CC3=O)CCO1. The van der Waals surface area contributed by atoms with E-state index < -0.39 is 0 Å². The van der Waals surface area contributed by atoms with Gasteiger partial charge in [-0.3, -0.25) is 4.79 Å². The monoisotopic (exact) mass is 261 g/mol. The van der Waals surface area contributed by atoms with Crippen molar-refractivity contribution >= 4 is 5.78 Å². The van der Waals surface area contributed by atoms with E-state index in [1.807, 2.05) is 6.07 Å². The van der Waals surface area contributed by atoms with Gasteiger partial charge in [0.2, 0.25) is 0 Å². The zero-order chi connectivity index (χ0) is 13.6. The van der Waals surface area contributed by atoms with Crippen molar-refractivity contribution in [2.45, 2.75) is 58.6 Å². The number of nitrogens with zero attached hydrogens (tertiary/aromatic N) is 1. The first-order valence-corrected chi connectivity index (χ1v) is 7.31. The molecule has 2 unspecified atom stereocenters. The normalized spacial score (nSPS) is 30.2. The summed E-state index contributed by atoms with van der Waals surface area (Å²) in [7, 11) is 0. The fourth-order valence-corrected chi connectivity index (χ4v) is 3.54. The summed E-state index contributed by atoms with van der Waals surface area (Å²) in [6.07, 6.45) is 6.23. The van der Waals surface area contributed by atoms with E-state index >= 15 is 0 Å². The predicted octanol–water partition coefficient (Wildman–Crippen LogP) is 3.38. The Balaban J connectivity index is 1.94. The van der Waals surface area contributed by atoms with Crippen molar-refractivity contribution in [2.75, 3.05) is 6.61 Å². The molecule has 1 aliphatic carbocycles. The highest BCUT2D eigenvalue weighted by Gasteiger charge is 2.34. The van der Waals surface area contributed by atoms with Gasteiger partial charge in [0.25, 0.3) is 0 Å². The minimum Gasteiger partial charge on any atom is -0.378 e. The lowest BCUT2D eigenvalue weighted by molar-refractivity contribution is 0.00526. The molecule has 0 aromatic carbocycles. The van der Waals surface area contributed by atoms with Crippen molar-refractivity contribution in [3.63, 3.8) is 0 Å². The number of ketones is 1. The number of rotatable bonds is 1. The van der Waals surface area contributed by atoms with Gasteiger partial charge in [0.05, 0.1) is 6.10 Å². The van der Waals surface area contributed by atoms with Crippen LogP contribution in [0.4, 0.5) is 0 Å². The third kappa shape index (κ3) is 2.36. The molecule has 0 N–H and O–H groups in total. The average molecular weight is 261 g/mol. The van der Waals surface area contributed by atoms with Crippen molar-refractivity contribution in [1.29, 1.82) is 0 Å². The van der Waals surface area contributed by atoms with Crippen LogP contribution in [0.2, 0.25) is 0 Å². The quantitative estimate of drug-likeness (QED) is 0.776. The molecule has 2 atom stereocenters. The zero-order valence-corrected chi connectivity index (χ0v) is 12.1. The molecule has 1 aromatic rings. The van der Waals surface area contributed by atoms with Crippen LogP contribution in [0, 0.1) is 5.41 Å². The molecule has 1 aromatic heterocycles. The first kappa shape index (κ1) is 12.9. The molecule has 0 amide bonds. The minimum absolute atomic E-state index is 0.0942. The smallest absolute Gasteiger partial charge is 0.165 e. The Kier molecular flexibility index (Phi) is 3.05. The summed E-state index contributed by atoms with van der Waals surface area (Å²) >= 11 is 0. The van der Waals surface area contributed by atoms with Gasteiger partial charge < -0.3 is 9.30 Å². The van der Waals surface area contributed by atoms with E-state index in [0.717, 1.165) is 31.4 Å². The molecular weight excluding hydrogens is 238 g/mol. The minimum atomic E-state index is 0.0942. The molecule has 1 saturated heterocycles. The van der Waals surface area contributed by atoms with E-state index in [2.05, 4.69) is 31.5 Å². The molecule has 0 radical (unpaired) electrons. The number of ether oxygens (including phenoxy) is 1. The molecule has 1 fully saturated rings. The number of fused-ring (bicyclic) bond motifs is 1. The maximum atomic E-state index is 12.2. The highest BCUT2D eigenvalue weighted by Crippen LogP contribution is 2.38. The van der Waals surface area contributed by atoms with Gasteiger partial charge in [0.1, 0.15) is 0 Å². The van der Waals surface area contributed by atoms with E-state index in [0.29, 0.717) is 24.3 Å². The van der Waals surface area contributed by atoms with Gasteiger partial charge in [-0.15, -0.1) is 0 Å². The Morgan fingerprint density at radius 2 is 2.16 bits per heavy atom. The Labute approximate surface area is 114 Å². The van der Waals surface area contributed by atoms with Crippen LogP contribution in [0.1, 0.15) is 62.1 Å². The molecule has 2 heterocycles. The van der Waals surface area contributed by atoms with Gasteiger partial charge in [0, 0.05) is 36.5 Å². The summed E-state index contributed by atoms with van der Waals surface area (Å²) < 4.78 is 7.99. The lowest BCUT2D eigenvalue weighted by Crippen LogP contribution is -2.31. The lowest BCUT2D eigenvalue weighted by atomic mass is 9.76. The van der Waals surface area contributed by atoms with Crippen molar-refractivity contribution in [1.82, 2.24) is 4.57 Å². The predicted molar refractivity (Wildman–Crippen MR) is 74.5 cm³/mol. The molecule has 2 aliphatic rings. The van der Waals surface area contributed by atoms with Crippen molar-refractivity contribution < 1.29 is 9.53 Å². The molecule has 0 saturated carbocycles. The molecule has 3 nitrogen and oxygen atoms in total. The highest BCUT2D eigenvalue weighted by atomic mass is 16.5. The lowest BCUT2D eigenvalue weighted by Gasteiger charge is -2.34. The van der Waals surface area contributed by atoms with Crippen molar-refractivity contribution in [2.24, 2.45) is 5.41 Å². The molecular formula is C16H23NO2. The maximum Gasteiger partial charge on any atom is 0.165 e. The van der Waals surface area contributed by atoms with Crippen LogP contribution in [-0.2, 0) is 11.2 Å². The number of hydrogen-bond donors (Lipinski definition) is 0. The molecule has 19 heavy (non-hydrogen) atoms. The summed E-state index contributed by atoms with van der Waals surface area (Å²) in [5, 5.41) is 0. The van der Waals surface area contributed by atoms with Gasteiger partial charge in [-0.2, -0.15) is 0 Å². The largest absolute Gasteiger partial charge is 0.378 e. The zero-order valence-electron chi connectivity index (χ0n) is 12.1. The molecule has 3 rings (SSSR count). The summed E-state index contributed by atoms with van der Waals surface area (Å²) in [6.45, 7) is 7.35. The van der Waals surface area contributed by atoms with E-state index in [4.69, 9.17) is 4.74 Å². The average Bonchev–Trinajstić information content (AvgIpc) is 2.71. The summed E-state index contributed by atoms with van der Waals surface area (Å²) in [6, 6.07) is 2.52. The van der Waals surface area contributed by atoms with Crippen LogP contribution in [0.3, 0.4) is 0 Å².